The second kappa shape index (κ2) is 8.48. The van der Waals surface area contributed by atoms with E-state index in [0.29, 0.717) is 17.3 Å². The minimum atomic E-state index is -3.17. The van der Waals surface area contributed by atoms with Crippen LogP contribution in [0.1, 0.15) is 18.1 Å². The van der Waals surface area contributed by atoms with Crippen LogP contribution in [-0.4, -0.2) is 33.9 Å². The predicted octanol–water partition coefficient (Wildman–Crippen LogP) is 3.20. The molecule has 0 spiro atoms. The molecule has 5 nitrogen and oxygen atoms in total. The van der Waals surface area contributed by atoms with E-state index in [1.165, 1.54) is 13.2 Å². The normalized spacial score (nSPS) is 11.4. The average Bonchev–Trinajstić information content (AvgIpc) is 2.57. The fourth-order valence-electron chi connectivity index (χ4n) is 2.04. The molecule has 25 heavy (non-hydrogen) atoms. The van der Waals surface area contributed by atoms with Crippen molar-refractivity contribution in [2.45, 2.75) is 11.8 Å². The Bertz CT molecular complexity index is 834. The first kappa shape index (κ1) is 18.7. The third-order valence-corrected chi connectivity index (χ3v) is 4.44. The molecule has 0 heterocycles. The number of carbonyl (C=O) groups excluding carboxylic acids is 1. The monoisotopic (exact) mass is 360 g/mol. The van der Waals surface area contributed by atoms with Gasteiger partial charge in [0.05, 0.1) is 4.90 Å². The van der Waals surface area contributed by atoms with Crippen LogP contribution in [0.4, 0.5) is 0 Å². The lowest BCUT2D eigenvalue weighted by molar-refractivity contribution is -0.141. The summed E-state index contributed by atoms with van der Waals surface area (Å²) in [6.45, 7) is 1.89. The second-order valence-electron chi connectivity index (χ2n) is 5.43. The van der Waals surface area contributed by atoms with Crippen molar-refractivity contribution in [2.75, 3.05) is 19.5 Å². The average molecular weight is 360 g/mol. The SMILES string of the molecule is CC(=O)OCCOc1ccc(C=Cc2ccc(S(C)(=O)=O)cc2)cc1. The van der Waals surface area contributed by atoms with Crippen molar-refractivity contribution in [1.29, 1.82) is 0 Å². The number of ether oxygens (including phenoxy) is 2. The number of benzene rings is 2. The molecule has 0 aliphatic rings. The van der Waals surface area contributed by atoms with Crippen molar-refractivity contribution in [3.8, 4) is 5.75 Å². The van der Waals surface area contributed by atoms with E-state index in [-0.39, 0.29) is 12.6 Å². The Morgan fingerprint density at radius 1 is 0.920 bits per heavy atom. The van der Waals surface area contributed by atoms with E-state index in [9.17, 15) is 13.2 Å². The van der Waals surface area contributed by atoms with E-state index in [1.54, 1.807) is 24.3 Å². The van der Waals surface area contributed by atoms with Crippen LogP contribution in [0.2, 0.25) is 0 Å². The topological polar surface area (TPSA) is 69.7 Å². The molecule has 0 amide bonds. The standard InChI is InChI=1S/C19H20O5S/c1-15(20)23-13-14-24-18-9-5-16(6-10-18)3-4-17-7-11-19(12-8-17)25(2,21)22/h3-12H,13-14H2,1-2H3. The molecule has 0 aromatic heterocycles. The highest BCUT2D eigenvalue weighted by atomic mass is 32.2. The fourth-order valence-corrected chi connectivity index (χ4v) is 2.67. The van der Waals surface area contributed by atoms with Gasteiger partial charge in [-0.1, -0.05) is 36.4 Å². The Morgan fingerprint density at radius 2 is 1.44 bits per heavy atom. The molecule has 0 N–H and O–H groups in total. The molecular formula is C19H20O5S. The van der Waals surface area contributed by atoms with Gasteiger partial charge in [-0.05, 0) is 35.4 Å². The Labute approximate surface area is 147 Å². The van der Waals surface area contributed by atoms with Gasteiger partial charge >= 0.3 is 5.97 Å². The van der Waals surface area contributed by atoms with Crippen LogP contribution >= 0.6 is 0 Å². The zero-order valence-electron chi connectivity index (χ0n) is 14.1. The van der Waals surface area contributed by atoms with Crippen LogP contribution in [-0.2, 0) is 19.4 Å². The minimum absolute atomic E-state index is 0.223. The lowest BCUT2D eigenvalue weighted by atomic mass is 10.1. The van der Waals surface area contributed by atoms with Crippen molar-refractivity contribution < 1.29 is 22.7 Å². The molecule has 0 radical (unpaired) electrons. The number of carbonyl (C=O) groups is 1. The molecule has 0 saturated carbocycles. The number of hydrogen-bond donors (Lipinski definition) is 0. The first-order valence-electron chi connectivity index (χ1n) is 7.69. The Morgan fingerprint density at radius 3 is 1.92 bits per heavy atom. The first-order chi connectivity index (χ1) is 11.8. The maximum absolute atomic E-state index is 11.4. The summed E-state index contributed by atoms with van der Waals surface area (Å²) >= 11 is 0. The van der Waals surface area contributed by atoms with Gasteiger partial charge in [-0.15, -0.1) is 0 Å². The summed E-state index contributed by atoms with van der Waals surface area (Å²) in [5.74, 6) is 0.371. The highest BCUT2D eigenvalue weighted by molar-refractivity contribution is 7.90. The van der Waals surface area contributed by atoms with Gasteiger partial charge in [0.1, 0.15) is 19.0 Å². The molecular weight excluding hydrogens is 340 g/mol. The van der Waals surface area contributed by atoms with E-state index in [4.69, 9.17) is 9.47 Å². The van der Waals surface area contributed by atoms with Crippen LogP contribution < -0.4 is 4.74 Å². The second-order valence-corrected chi connectivity index (χ2v) is 7.45. The van der Waals surface area contributed by atoms with E-state index >= 15 is 0 Å². The fraction of sp³-hybridized carbons (Fsp3) is 0.211. The summed E-state index contributed by atoms with van der Waals surface area (Å²) in [4.78, 5) is 10.9. The number of hydrogen-bond acceptors (Lipinski definition) is 5. The van der Waals surface area contributed by atoms with E-state index in [1.807, 2.05) is 36.4 Å². The van der Waals surface area contributed by atoms with Crippen LogP contribution in [0.3, 0.4) is 0 Å². The van der Waals surface area contributed by atoms with Crippen molar-refractivity contribution in [3.05, 3.63) is 59.7 Å². The molecule has 0 aliphatic heterocycles. The Hall–Kier alpha value is -2.60. The van der Waals surface area contributed by atoms with E-state index in [2.05, 4.69) is 0 Å². The smallest absolute Gasteiger partial charge is 0.302 e. The van der Waals surface area contributed by atoms with Crippen LogP contribution in [0.5, 0.6) is 5.75 Å². The number of sulfone groups is 1. The lowest BCUT2D eigenvalue weighted by Crippen LogP contribution is -2.09. The minimum Gasteiger partial charge on any atom is -0.490 e. The maximum atomic E-state index is 11.4. The van der Waals surface area contributed by atoms with E-state index < -0.39 is 9.84 Å². The van der Waals surface area contributed by atoms with Crippen molar-refractivity contribution in [3.63, 3.8) is 0 Å². The molecule has 6 heteroatoms. The predicted molar refractivity (Wildman–Crippen MR) is 97.0 cm³/mol. The molecule has 0 bridgehead atoms. The van der Waals surface area contributed by atoms with Gasteiger partial charge in [0.15, 0.2) is 9.84 Å². The van der Waals surface area contributed by atoms with Gasteiger partial charge in [-0.2, -0.15) is 0 Å². The quantitative estimate of drug-likeness (QED) is 0.431. The van der Waals surface area contributed by atoms with Gasteiger partial charge in [0, 0.05) is 13.2 Å². The Balaban J connectivity index is 1.92. The van der Waals surface area contributed by atoms with Crippen LogP contribution in [0.15, 0.2) is 53.4 Å². The van der Waals surface area contributed by atoms with Crippen molar-refractivity contribution in [2.24, 2.45) is 0 Å². The third-order valence-electron chi connectivity index (χ3n) is 3.31. The highest BCUT2D eigenvalue weighted by Crippen LogP contribution is 2.16. The zero-order chi connectivity index (χ0) is 18.3. The molecule has 2 aromatic rings. The third kappa shape index (κ3) is 6.43. The molecule has 0 atom stereocenters. The number of rotatable bonds is 7. The molecule has 2 aromatic carbocycles. The zero-order valence-corrected chi connectivity index (χ0v) is 15.0. The molecule has 0 saturated heterocycles. The molecule has 2 rings (SSSR count). The summed E-state index contributed by atoms with van der Waals surface area (Å²) in [6, 6.07) is 14.2. The summed E-state index contributed by atoms with van der Waals surface area (Å²) in [6.07, 6.45) is 5.02. The summed E-state index contributed by atoms with van der Waals surface area (Å²) in [7, 11) is -3.17. The van der Waals surface area contributed by atoms with Crippen molar-refractivity contribution >= 4 is 28.0 Å². The Kier molecular flexibility index (Phi) is 6.36. The van der Waals surface area contributed by atoms with Crippen LogP contribution in [0, 0.1) is 0 Å². The van der Waals surface area contributed by atoms with Crippen molar-refractivity contribution in [1.82, 2.24) is 0 Å². The molecule has 132 valence electrons. The first-order valence-corrected chi connectivity index (χ1v) is 9.58. The number of esters is 1. The summed E-state index contributed by atoms with van der Waals surface area (Å²) in [5, 5.41) is 0. The highest BCUT2D eigenvalue weighted by Gasteiger charge is 2.05. The van der Waals surface area contributed by atoms with Gasteiger partial charge in [0.25, 0.3) is 0 Å². The van der Waals surface area contributed by atoms with Crippen LogP contribution in [0.25, 0.3) is 12.2 Å². The van der Waals surface area contributed by atoms with Gasteiger partial charge in [0.2, 0.25) is 0 Å². The molecule has 0 fully saturated rings. The van der Waals surface area contributed by atoms with Gasteiger partial charge in [-0.25, -0.2) is 8.42 Å². The molecule has 0 aliphatic carbocycles. The summed E-state index contributed by atoms with van der Waals surface area (Å²) in [5.41, 5.74) is 1.90. The van der Waals surface area contributed by atoms with E-state index in [0.717, 1.165) is 11.1 Å². The molecule has 0 unspecified atom stereocenters. The summed E-state index contributed by atoms with van der Waals surface area (Å²) < 4.78 is 33.1. The van der Waals surface area contributed by atoms with Gasteiger partial charge < -0.3 is 9.47 Å². The maximum Gasteiger partial charge on any atom is 0.302 e. The van der Waals surface area contributed by atoms with Gasteiger partial charge in [-0.3, -0.25) is 4.79 Å². The largest absolute Gasteiger partial charge is 0.490 e. The lowest BCUT2D eigenvalue weighted by Gasteiger charge is -2.06.